The van der Waals surface area contributed by atoms with Gasteiger partial charge >= 0.3 is 12.4 Å². The summed E-state index contributed by atoms with van der Waals surface area (Å²) in [5, 5.41) is 19.9. The number of hydrogen-bond donors (Lipinski definition) is 2. The lowest BCUT2D eigenvalue weighted by molar-refractivity contribution is -0.143. The summed E-state index contributed by atoms with van der Waals surface area (Å²) >= 11 is 0. The molecule has 1 aliphatic heterocycles. The lowest BCUT2D eigenvalue weighted by atomic mass is 9.81. The van der Waals surface area contributed by atoms with E-state index in [1.54, 1.807) is 4.90 Å². The first kappa shape index (κ1) is 32.1. The number of carbonyl (C=O) groups is 1. The second-order valence-corrected chi connectivity index (χ2v) is 10.8. The standard InChI is InChI=1S/C29H27F8N3O3/c1-27(2,15-6-16(28(32,33)34)8-17(7-15)29(35,36)37)26(43)39(3)24-12-38-25(40-13-20(42)10-19(40)14-41)11-22(24)21-5-4-18(30)9-23(21)31/h4-9,11-12,19-20,41-42H,10,13-14H2,1-3H3. The smallest absolute Gasteiger partial charge is 0.394 e. The largest absolute Gasteiger partial charge is 0.416 e. The van der Waals surface area contributed by atoms with Crippen molar-refractivity contribution >= 4 is 17.4 Å². The lowest BCUT2D eigenvalue weighted by Crippen LogP contribution is -2.42. The molecule has 1 aliphatic rings. The Kier molecular flexibility index (Phi) is 8.50. The first-order chi connectivity index (χ1) is 19.8. The molecule has 14 heteroatoms. The molecule has 1 saturated heterocycles. The van der Waals surface area contributed by atoms with Gasteiger partial charge in [0.1, 0.15) is 17.5 Å². The van der Waals surface area contributed by atoms with E-state index in [-0.39, 0.29) is 48.3 Å². The zero-order valence-corrected chi connectivity index (χ0v) is 23.1. The SMILES string of the molecule is CN(C(=O)C(C)(C)c1cc(C(F)(F)F)cc(C(F)(F)F)c1)c1cnc(N2CC(O)CC2CO)cc1-c1ccc(F)cc1F. The average molecular weight is 618 g/mol. The number of halogens is 8. The third-order valence-electron chi connectivity index (χ3n) is 7.50. The van der Waals surface area contributed by atoms with Crippen LogP contribution in [0.2, 0.25) is 0 Å². The van der Waals surface area contributed by atoms with Crippen LogP contribution in [0.5, 0.6) is 0 Å². The van der Waals surface area contributed by atoms with Gasteiger partial charge in [-0.1, -0.05) is 0 Å². The van der Waals surface area contributed by atoms with Crippen LogP contribution in [0.25, 0.3) is 11.1 Å². The van der Waals surface area contributed by atoms with Crippen LogP contribution in [0.15, 0.2) is 48.7 Å². The molecule has 2 aromatic carbocycles. The topological polar surface area (TPSA) is 76.9 Å². The Morgan fingerprint density at radius 3 is 2.07 bits per heavy atom. The third-order valence-corrected chi connectivity index (χ3v) is 7.50. The monoisotopic (exact) mass is 617 g/mol. The number of alkyl halides is 6. The predicted molar refractivity (Wildman–Crippen MR) is 141 cm³/mol. The molecule has 2 unspecified atom stereocenters. The molecule has 43 heavy (non-hydrogen) atoms. The Balaban J connectivity index is 1.84. The maximum Gasteiger partial charge on any atom is 0.416 e. The summed E-state index contributed by atoms with van der Waals surface area (Å²) in [7, 11) is 1.19. The number of pyridine rings is 1. The Bertz CT molecular complexity index is 1490. The Hall–Kier alpha value is -3.78. The van der Waals surface area contributed by atoms with Crippen molar-refractivity contribution in [3.8, 4) is 11.1 Å². The first-order valence-corrected chi connectivity index (χ1v) is 12.9. The van der Waals surface area contributed by atoms with E-state index < -0.39 is 64.1 Å². The molecule has 0 saturated carbocycles. The minimum absolute atomic E-state index is 0.00717. The number of aromatic nitrogens is 1. The maximum atomic E-state index is 15.0. The minimum Gasteiger partial charge on any atom is -0.394 e. The van der Waals surface area contributed by atoms with E-state index in [0.29, 0.717) is 18.2 Å². The summed E-state index contributed by atoms with van der Waals surface area (Å²) < 4.78 is 110. The molecule has 0 bridgehead atoms. The Morgan fingerprint density at radius 2 is 1.53 bits per heavy atom. The van der Waals surface area contributed by atoms with E-state index in [1.807, 2.05) is 0 Å². The average Bonchev–Trinajstić information content (AvgIpc) is 3.31. The van der Waals surface area contributed by atoms with Gasteiger partial charge in [-0.3, -0.25) is 4.79 Å². The number of anilines is 2. The number of carbonyl (C=O) groups excluding carboxylic acids is 1. The summed E-state index contributed by atoms with van der Waals surface area (Å²) in [4.78, 5) is 20.6. The molecule has 0 spiro atoms. The molecule has 1 aromatic heterocycles. The van der Waals surface area contributed by atoms with Gasteiger partial charge < -0.3 is 20.0 Å². The zero-order valence-electron chi connectivity index (χ0n) is 23.1. The molecule has 0 aliphatic carbocycles. The molecular formula is C29H27F8N3O3. The maximum absolute atomic E-state index is 15.0. The van der Waals surface area contributed by atoms with E-state index in [2.05, 4.69) is 4.98 Å². The van der Waals surface area contributed by atoms with Crippen molar-refractivity contribution in [2.45, 2.75) is 50.2 Å². The van der Waals surface area contributed by atoms with Gasteiger partial charge in [0, 0.05) is 30.8 Å². The van der Waals surface area contributed by atoms with Crippen molar-refractivity contribution in [3.63, 3.8) is 0 Å². The van der Waals surface area contributed by atoms with Gasteiger partial charge in [0.25, 0.3) is 0 Å². The second kappa shape index (κ2) is 11.4. The van der Waals surface area contributed by atoms with Gasteiger partial charge in [-0.05, 0) is 62.2 Å². The summed E-state index contributed by atoms with van der Waals surface area (Å²) in [5.74, 6) is -2.70. The van der Waals surface area contributed by atoms with E-state index in [1.165, 1.54) is 13.1 Å². The quantitative estimate of drug-likeness (QED) is 0.335. The van der Waals surface area contributed by atoms with Gasteiger partial charge in [0.15, 0.2) is 0 Å². The van der Waals surface area contributed by atoms with E-state index >= 15 is 4.39 Å². The third kappa shape index (κ3) is 6.44. The molecule has 2 atom stereocenters. The highest BCUT2D eigenvalue weighted by atomic mass is 19.4. The number of β-amino-alcohol motifs (C(OH)–C–C–N with tert-alkyl or cyclic N) is 1. The number of rotatable bonds is 6. The van der Waals surface area contributed by atoms with Crippen LogP contribution < -0.4 is 9.80 Å². The van der Waals surface area contributed by atoms with Crippen LogP contribution in [-0.2, 0) is 22.6 Å². The molecule has 4 rings (SSSR count). The molecule has 0 radical (unpaired) electrons. The molecule has 1 amide bonds. The second-order valence-electron chi connectivity index (χ2n) is 10.8. The zero-order chi connectivity index (χ0) is 32.1. The fourth-order valence-corrected chi connectivity index (χ4v) is 5.10. The van der Waals surface area contributed by atoms with Gasteiger partial charge in [-0.15, -0.1) is 0 Å². The van der Waals surface area contributed by atoms with Crippen LogP contribution in [0, 0.1) is 11.6 Å². The summed E-state index contributed by atoms with van der Waals surface area (Å²) in [6, 6.07) is 4.36. The summed E-state index contributed by atoms with van der Waals surface area (Å²) in [5.41, 5.74) is -5.99. The highest BCUT2D eigenvalue weighted by Crippen LogP contribution is 2.41. The fourth-order valence-electron chi connectivity index (χ4n) is 5.10. The lowest BCUT2D eigenvalue weighted by Gasteiger charge is -2.32. The Morgan fingerprint density at radius 1 is 0.953 bits per heavy atom. The normalized spacial score (nSPS) is 17.8. The van der Waals surface area contributed by atoms with Gasteiger partial charge in [-0.25, -0.2) is 13.8 Å². The number of benzene rings is 2. The van der Waals surface area contributed by atoms with Crippen molar-refractivity contribution in [2.75, 3.05) is 30.0 Å². The van der Waals surface area contributed by atoms with Crippen molar-refractivity contribution in [1.82, 2.24) is 4.98 Å². The number of aliphatic hydroxyl groups excluding tert-OH is 2. The minimum atomic E-state index is -5.14. The first-order valence-electron chi connectivity index (χ1n) is 12.9. The van der Waals surface area contributed by atoms with Gasteiger partial charge in [0.2, 0.25) is 5.91 Å². The summed E-state index contributed by atoms with van der Waals surface area (Å²) in [6.07, 6.45) is -9.71. The van der Waals surface area contributed by atoms with Crippen molar-refractivity contribution in [3.05, 3.63) is 77.0 Å². The van der Waals surface area contributed by atoms with Crippen molar-refractivity contribution in [2.24, 2.45) is 0 Å². The molecule has 3 aromatic rings. The van der Waals surface area contributed by atoms with Gasteiger partial charge in [-0.2, -0.15) is 26.3 Å². The van der Waals surface area contributed by atoms with E-state index in [9.17, 15) is 45.7 Å². The van der Waals surface area contributed by atoms with Crippen molar-refractivity contribution in [1.29, 1.82) is 0 Å². The number of likely N-dealkylation sites (N-methyl/N-ethyl adjacent to an activating group) is 1. The van der Waals surface area contributed by atoms with E-state index in [0.717, 1.165) is 37.1 Å². The molecule has 1 fully saturated rings. The van der Waals surface area contributed by atoms with Crippen LogP contribution in [0.1, 0.15) is 37.0 Å². The Labute approximate surface area is 241 Å². The number of nitrogens with zero attached hydrogens (tertiary/aromatic N) is 3. The summed E-state index contributed by atoms with van der Waals surface area (Å²) in [6.45, 7) is 2.03. The van der Waals surface area contributed by atoms with Crippen LogP contribution in [-0.4, -0.2) is 53.4 Å². The molecule has 6 nitrogen and oxygen atoms in total. The van der Waals surface area contributed by atoms with E-state index in [4.69, 9.17) is 0 Å². The van der Waals surface area contributed by atoms with Crippen molar-refractivity contribution < 1.29 is 50.1 Å². The fraction of sp³-hybridized carbons (Fsp3) is 0.379. The number of hydrogen-bond acceptors (Lipinski definition) is 5. The molecule has 232 valence electrons. The number of amides is 1. The van der Waals surface area contributed by atoms with Crippen LogP contribution in [0.4, 0.5) is 46.6 Å². The predicted octanol–water partition coefficient (Wildman–Crippen LogP) is 5.94. The molecular weight excluding hydrogens is 590 g/mol. The van der Waals surface area contributed by atoms with Crippen LogP contribution >= 0.6 is 0 Å². The highest BCUT2D eigenvalue weighted by molar-refractivity contribution is 6.03. The highest BCUT2D eigenvalue weighted by Gasteiger charge is 2.41. The molecule has 2 N–H and O–H groups in total. The van der Waals surface area contributed by atoms with Crippen LogP contribution in [0.3, 0.4) is 0 Å². The molecule has 2 heterocycles. The van der Waals surface area contributed by atoms with Gasteiger partial charge in [0.05, 0.1) is 47.2 Å². The number of aliphatic hydroxyl groups is 2.